The van der Waals surface area contributed by atoms with Gasteiger partial charge in [-0.15, -0.1) is 0 Å². The van der Waals surface area contributed by atoms with Gasteiger partial charge in [0.2, 0.25) is 0 Å². The maximum atomic E-state index is 5.75. The molecule has 0 aromatic heterocycles. The third kappa shape index (κ3) is 3.03. The first-order valence-corrected chi connectivity index (χ1v) is 10.0. The highest BCUT2D eigenvalue weighted by Crippen LogP contribution is 2.44. The minimum Gasteiger partial charge on any atom is -0.492 e. The van der Waals surface area contributed by atoms with Crippen molar-refractivity contribution in [2.45, 2.75) is 37.9 Å². The van der Waals surface area contributed by atoms with Gasteiger partial charge in [-0.1, -0.05) is 56.6 Å². The maximum Gasteiger partial charge on any atom is 0.129 e. The van der Waals surface area contributed by atoms with Crippen molar-refractivity contribution in [2.24, 2.45) is 0 Å². The molecule has 1 heterocycles. The van der Waals surface area contributed by atoms with E-state index in [0.717, 1.165) is 5.76 Å². The fraction of sp³-hybridized carbons (Fsp3) is 0.467. The van der Waals surface area contributed by atoms with E-state index in [9.17, 15) is 0 Å². The van der Waals surface area contributed by atoms with Gasteiger partial charge in [0.25, 0.3) is 0 Å². The zero-order valence-corrected chi connectivity index (χ0v) is 12.5. The Morgan fingerprint density at radius 1 is 1.22 bits per heavy atom. The highest BCUT2D eigenvalue weighted by Gasteiger charge is 2.45. The summed E-state index contributed by atoms with van der Waals surface area (Å²) >= 11 is 0. The topological polar surface area (TPSA) is 18.5 Å². The van der Waals surface area contributed by atoms with Gasteiger partial charge in [-0.2, -0.15) is 0 Å². The van der Waals surface area contributed by atoms with Crippen molar-refractivity contribution in [2.75, 3.05) is 6.61 Å². The minimum atomic E-state index is -1.23. The summed E-state index contributed by atoms with van der Waals surface area (Å²) in [5.74, 6) is 0.961. The Hall–Kier alpha value is -1.06. The molecule has 1 saturated heterocycles. The van der Waals surface area contributed by atoms with E-state index in [1.54, 1.807) is 0 Å². The molecule has 0 amide bonds. The Bertz CT molecular complexity index is 408. The Morgan fingerprint density at radius 2 is 1.89 bits per heavy atom. The molecule has 0 N–H and O–H groups in total. The summed E-state index contributed by atoms with van der Waals surface area (Å²) in [7, 11) is -1.23. The van der Waals surface area contributed by atoms with Gasteiger partial charge in [0.05, 0.1) is 27.0 Å². The fourth-order valence-electron chi connectivity index (χ4n) is 2.51. The first-order valence-electron chi connectivity index (χ1n) is 6.45. The molecule has 1 aromatic rings. The monoisotopic (exact) mass is 262 g/mol. The van der Waals surface area contributed by atoms with Crippen molar-refractivity contribution in [3.8, 4) is 0 Å². The third-order valence-electron chi connectivity index (χ3n) is 3.35. The van der Waals surface area contributed by atoms with Crippen LogP contribution in [0.25, 0.3) is 0 Å². The molecule has 98 valence electrons. The van der Waals surface area contributed by atoms with E-state index in [1.807, 2.05) is 18.2 Å². The van der Waals surface area contributed by atoms with Gasteiger partial charge in [0.15, 0.2) is 0 Å². The van der Waals surface area contributed by atoms with Crippen LogP contribution in [0.5, 0.6) is 0 Å². The standard InChI is InChI=1S/C15H22O2Si/c1-12-15(18(2,3)4)14(17-12)11-16-10-13-8-6-5-7-9-13/h5-9,14-15H,1,10-11H2,2-4H3/t14-,15-/m0/s1. The van der Waals surface area contributed by atoms with Gasteiger partial charge >= 0.3 is 0 Å². The van der Waals surface area contributed by atoms with Crippen LogP contribution in [0, 0.1) is 0 Å². The van der Waals surface area contributed by atoms with E-state index < -0.39 is 8.07 Å². The van der Waals surface area contributed by atoms with Gasteiger partial charge in [0.1, 0.15) is 6.10 Å². The van der Waals surface area contributed by atoms with Crippen LogP contribution in [0.3, 0.4) is 0 Å². The van der Waals surface area contributed by atoms with Crippen molar-refractivity contribution in [1.82, 2.24) is 0 Å². The normalized spacial score (nSPS) is 23.4. The summed E-state index contributed by atoms with van der Waals surface area (Å²) in [6.45, 7) is 12.4. The molecule has 0 saturated carbocycles. The molecule has 1 aliphatic rings. The van der Waals surface area contributed by atoms with Gasteiger partial charge in [-0.05, 0) is 5.56 Å². The average Bonchev–Trinajstić information content (AvgIpc) is 2.26. The van der Waals surface area contributed by atoms with Gasteiger partial charge in [-0.3, -0.25) is 0 Å². The van der Waals surface area contributed by atoms with Gasteiger partial charge in [-0.25, -0.2) is 0 Å². The molecular weight excluding hydrogens is 240 g/mol. The number of hydrogen-bond donors (Lipinski definition) is 0. The molecule has 0 spiro atoms. The number of ether oxygens (including phenoxy) is 2. The van der Waals surface area contributed by atoms with Crippen LogP contribution in [0.1, 0.15) is 5.56 Å². The zero-order chi connectivity index (χ0) is 13.2. The average molecular weight is 262 g/mol. The first-order chi connectivity index (χ1) is 8.48. The predicted octanol–water partition coefficient (Wildman–Crippen LogP) is 3.82. The lowest BCUT2D eigenvalue weighted by Crippen LogP contribution is -2.48. The van der Waals surface area contributed by atoms with Crippen LogP contribution in [0.2, 0.25) is 25.2 Å². The molecule has 3 heteroatoms. The molecule has 0 aliphatic carbocycles. The largest absolute Gasteiger partial charge is 0.492 e. The van der Waals surface area contributed by atoms with Crippen LogP contribution in [0.15, 0.2) is 42.7 Å². The van der Waals surface area contributed by atoms with E-state index in [4.69, 9.17) is 9.47 Å². The van der Waals surface area contributed by atoms with Crippen molar-refractivity contribution in [3.05, 3.63) is 48.2 Å². The Balaban J connectivity index is 1.80. The number of rotatable bonds is 5. The third-order valence-corrected chi connectivity index (χ3v) is 5.91. The number of benzene rings is 1. The van der Waals surface area contributed by atoms with E-state index >= 15 is 0 Å². The lowest BCUT2D eigenvalue weighted by molar-refractivity contribution is -0.0488. The molecular formula is C15H22O2Si. The molecule has 1 aromatic carbocycles. The molecule has 2 nitrogen and oxygen atoms in total. The molecule has 1 aliphatic heterocycles. The summed E-state index contributed by atoms with van der Waals surface area (Å²) in [6, 6.07) is 10.2. The second kappa shape index (κ2) is 5.29. The van der Waals surface area contributed by atoms with Crippen molar-refractivity contribution in [1.29, 1.82) is 0 Å². The van der Waals surface area contributed by atoms with E-state index in [-0.39, 0.29) is 6.10 Å². The van der Waals surface area contributed by atoms with Crippen molar-refractivity contribution in [3.63, 3.8) is 0 Å². The molecule has 2 atom stereocenters. The lowest BCUT2D eigenvalue weighted by Gasteiger charge is -2.45. The highest BCUT2D eigenvalue weighted by molar-refractivity contribution is 6.78. The molecule has 0 unspecified atom stereocenters. The van der Waals surface area contributed by atoms with E-state index in [0.29, 0.717) is 18.8 Å². The lowest BCUT2D eigenvalue weighted by atomic mass is 10.1. The van der Waals surface area contributed by atoms with Gasteiger partial charge < -0.3 is 9.47 Å². The van der Waals surface area contributed by atoms with Crippen molar-refractivity contribution >= 4 is 8.07 Å². The highest BCUT2D eigenvalue weighted by atomic mass is 28.3. The Labute approximate surface area is 111 Å². The van der Waals surface area contributed by atoms with Crippen molar-refractivity contribution < 1.29 is 9.47 Å². The minimum absolute atomic E-state index is 0.216. The summed E-state index contributed by atoms with van der Waals surface area (Å²) in [6.07, 6.45) is 0.216. The number of hydrogen-bond acceptors (Lipinski definition) is 2. The van der Waals surface area contributed by atoms with E-state index in [1.165, 1.54) is 5.56 Å². The maximum absolute atomic E-state index is 5.75. The van der Waals surface area contributed by atoms with Crippen LogP contribution in [0.4, 0.5) is 0 Å². The molecule has 2 rings (SSSR count). The Kier molecular flexibility index (Phi) is 3.93. The predicted molar refractivity (Wildman–Crippen MR) is 77.2 cm³/mol. The second-order valence-electron chi connectivity index (χ2n) is 5.97. The molecule has 18 heavy (non-hydrogen) atoms. The zero-order valence-electron chi connectivity index (χ0n) is 11.5. The van der Waals surface area contributed by atoms with Crippen LogP contribution < -0.4 is 0 Å². The quantitative estimate of drug-likeness (QED) is 0.751. The second-order valence-corrected chi connectivity index (χ2v) is 11.3. The van der Waals surface area contributed by atoms with Gasteiger partial charge in [0, 0.05) is 5.54 Å². The SMILES string of the molecule is C=C1O[C@@H](COCc2ccccc2)[C@H]1[Si](C)(C)C. The first kappa shape index (κ1) is 13.4. The van der Waals surface area contributed by atoms with E-state index in [2.05, 4.69) is 38.4 Å². The molecule has 0 radical (unpaired) electrons. The van der Waals surface area contributed by atoms with Crippen LogP contribution in [-0.4, -0.2) is 20.8 Å². The molecule has 1 fully saturated rings. The smallest absolute Gasteiger partial charge is 0.129 e. The molecule has 0 bridgehead atoms. The summed E-state index contributed by atoms with van der Waals surface area (Å²) in [5.41, 5.74) is 1.74. The van der Waals surface area contributed by atoms with Crippen LogP contribution in [-0.2, 0) is 16.1 Å². The van der Waals surface area contributed by atoms with Crippen LogP contribution >= 0.6 is 0 Å². The Morgan fingerprint density at radius 3 is 2.44 bits per heavy atom. The summed E-state index contributed by atoms with van der Waals surface area (Å²) < 4.78 is 11.4. The summed E-state index contributed by atoms with van der Waals surface area (Å²) in [5, 5.41) is 0. The fourth-order valence-corrected chi connectivity index (χ4v) is 4.82. The summed E-state index contributed by atoms with van der Waals surface area (Å²) in [4.78, 5) is 0.